The molecule has 1 aliphatic heterocycles. The molecule has 0 aromatic heterocycles. The summed E-state index contributed by atoms with van der Waals surface area (Å²) in [6.07, 6.45) is 23.1. The Bertz CT molecular complexity index is 367. The SMILES string of the molecule is CCCCCCCC/C=C/CCCCCC1N=CC[N+]1(CC)CCO. The first kappa shape index (κ1) is 22.4. The van der Waals surface area contributed by atoms with Crippen LogP contribution >= 0.6 is 0 Å². The first-order valence-corrected chi connectivity index (χ1v) is 10.9. The van der Waals surface area contributed by atoms with E-state index < -0.39 is 0 Å². The van der Waals surface area contributed by atoms with E-state index in [4.69, 9.17) is 4.99 Å². The number of likely N-dealkylation sites (N-methyl/N-ethyl adjacent to an activating group) is 1. The molecule has 0 amide bonds. The van der Waals surface area contributed by atoms with Gasteiger partial charge in [0.1, 0.15) is 13.1 Å². The fourth-order valence-corrected chi connectivity index (χ4v) is 3.92. The second-order valence-corrected chi connectivity index (χ2v) is 7.64. The van der Waals surface area contributed by atoms with Crippen molar-refractivity contribution in [1.82, 2.24) is 0 Å². The van der Waals surface area contributed by atoms with Crippen LogP contribution in [-0.2, 0) is 0 Å². The van der Waals surface area contributed by atoms with Gasteiger partial charge >= 0.3 is 0 Å². The maximum Gasteiger partial charge on any atom is 0.182 e. The molecule has 2 unspecified atom stereocenters. The van der Waals surface area contributed by atoms with Gasteiger partial charge in [0.15, 0.2) is 6.17 Å². The third kappa shape index (κ3) is 9.01. The van der Waals surface area contributed by atoms with Crippen LogP contribution in [0.5, 0.6) is 0 Å². The summed E-state index contributed by atoms with van der Waals surface area (Å²) < 4.78 is 0.967. The van der Waals surface area contributed by atoms with Gasteiger partial charge in [-0.1, -0.05) is 57.6 Å². The number of hydrogen-bond donors (Lipinski definition) is 1. The van der Waals surface area contributed by atoms with Crippen molar-refractivity contribution in [2.24, 2.45) is 4.99 Å². The molecule has 0 saturated heterocycles. The summed E-state index contributed by atoms with van der Waals surface area (Å²) >= 11 is 0. The van der Waals surface area contributed by atoms with E-state index in [0.717, 1.165) is 24.1 Å². The van der Waals surface area contributed by atoms with Crippen LogP contribution in [0.25, 0.3) is 0 Å². The Kier molecular flexibility index (Phi) is 13.0. The molecule has 0 spiro atoms. The molecule has 0 radical (unpaired) electrons. The van der Waals surface area contributed by atoms with Crippen LogP contribution in [0.2, 0.25) is 0 Å². The highest BCUT2D eigenvalue weighted by Crippen LogP contribution is 2.23. The molecule has 1 rings (SSSR count). The van der Waals surface area contributed by atoms with Crippen molar-refractivity contribution >= 4 is 6.21 Å². The van der Waals surface area contributed by atoms with Crippen LogP contribution in [-0.4, -0.2) is 48.2 Å². The van der Waals surface area contributed by atoms with Gasteiger partial charge in [-0.2, -0.15) is 0 Å². The lowest BCUT2D eigenvalue weighted by Crippen LogP contribution is -2.53. The van der Waals surface area contributed by atoms with Crippen LogP contribution in [0.3, 0.4) is 0 Å². The summed E-state index contributed by atoms with van der Waals surface area (Å²) in [7, 11) is 0. The predicted octanol–water partition coefficient (Wildman–Crippen LogP) is 5.48. The quantitative estimate of drug-likeness (QED) is 0.223. The number of nitrogens with zero attached hydrogens (tertiary/aromatic N) is 2. The fourth-order valence-electron chi connectivity index (χ4n) is 3.92. The van der Waals surface area contributed by atoms with Crippen LogP contribution in [0.4, 0.5) is 0 Å². The minimum absolute atomic E-state index is 0.275. The Morgan fingerprint density at radius 2 is 1.60 bits per heavy atom. The summed E-state index contributed by atoms with van der Waals surface area (Å²) in [6, 6.07) is 0. The summed E-state index contributed by atoms with van der Waals surface area (Å²) in [6.45, 7) is 7.71. The average molecular weight is 352 g/mol. The molecule has 1 heterocycles. The molecule has 0 aliphatic carbocycles. The lowest BCUT2D eigenvalue weighted by Gasteiger charge is -2.37. The summed E-state index contributed by atoms with van der Waals surface area (Å²) in [4.78, 5) is 4.70. The van der Waals surface area contributed by atoms with Gasteiger partial charge in [0.05, 0.1) is 19.4 Å². The van der Waals surface area contributed by atoms with Gasteiger partial charge in [-0.3, -0.25) is 4.48 Å². The first-order chi connectivity index (χ1) is 12.3. The maximum absolute atomic E-state index is 9.35. The zero-order valence-electron chi connectivity index (χ0n) is 17.0. The molecular weight excluding hydrogens is 308 g/mol. The summed E-state index contributed by atoms with van der Waals surface area (Å²) in [5, 5.41) is 9.35. The average Bonchev–Trinajstić information content (AvgIpc) is 3.02. The zero-order valence-corrected chi connectivity index (χ0v) is 17.0. The number of unbranched alkanes of at least 4 members (excludes halogenated alkanes) is 9. The molecule has 3 nitrogen and oxygen atoms in total. The van der Waals surface area contributed by atoms with Crippen molar-refractivity contribution in [3.8, 4) is 0 Å². The molecule has 146 valence electrons. The number of quaternary nitrogens is 1. The van der Waals surface area contributed by atoms with Crippen LogP contribution in [0.1, 0.15) is 90.9 Å². The molecule has 0 bridgehead atoms. The lowest BCUT2D eigenvalue weighted by molar-refractivity contribution is -0.936. The molecular formula is C22H43N2O+. The molecule has 0 aromatic carbocycles. The van der Waals surface area contributed by atoms with Crippen molar-refractivity contribution in [3.05, 3.63) is 12.2 Å². The van der Waals surface area contributed by atoms with Gasteiger partial charge < -0.3 is 5.11 Å². The monoisotopic (exact) mass is 351 g/mol. The van der Waals surface area contributed by atoms with Crippen molar-refractivity contribution in [3.63, 3.8) is 0 Å². The van der Waals surface area contributed by atoms with E-state index in [-0.39, 0.29) is 6.61 Å². The number of allylic oxidation sites excluding steroid dienone is 2. The van der Waals surface area contributed by atoms with Gasteiger partial charge in [0, 0.05) is 6.42 Å². The first-order valence-electron chi connectivity index (χ1n) is 10.9. The Morgan fingerprint density at radius 3 is 2.24 bits per heavy atom. The van der Waals surface area contributed by atoms with E-state index in [1.54, 1.807) is 0 Å². The van der Waals surface area contributed by atoms with E-state index in [1.165, 1.54) is 77.0 Å². The minimum Gasteiger partial charge on any atom is -0.391 e. The summed E-state index contributed by atoms with van der Waals surface area (Å²) in [5.74, 6) is 0. The molecule has 2 atom stereocenters. The molecule has 0 saturated carbocycles. The number of aliphatic hydroxyl groups excluding tert-OH is 1. The zero-order chi connectivity index (χ0) is 18.2. The maximum atomic E-state index is 9.35. The number of aliphatic imine (C=N–C) groups is 1. The highest BCUT2D eigenvalue weighted by atomic mass is 16.3. The standard InChI is InChI=1S/C22H43N2O/c1-3-5-6-7-8-9-10-11-12-13-14-15-16-17-22-23-18-19-24(22,4-2)20-21-25/h11-12,18,22,25H,3-10,13-17,19-21H2,1-2H3/q+1/b12-11+. The van der Waals surface area contributed by atoms with E-state index in [9.17, 15) is 5.11 Å². The van der Waals surface area contributed by atoms with Crippen molar-refractivity contribution in [2.45, 2.75) is 97.1 Å². The molecule has 3 heteroatoms. The highest BCUT2D eigenvalue weighted by Gasteiger charge is 2.36. The van der Waals surface area contributed by atoms with Gasteiger partial charge in [0.2, 0.25) is 0 Å². The normalized spacial score (nSPS) is 23.1. The Labute approximate surface area is 156 Å². The second-order valence-electron chi connectivity index (χ2n) is 7.64. The fraction of sp³-hybridized carbons (Fsp3) is 0.864. The van der Waals surface area contributed by atoms with Crippen LogP contribution in [0, 0.1) is 0 Å². The highest BCUT2D eigenvalue weighted by molar-refractivity contribution is 5.60. The van der Waals surface area contributed by atoms with E-state index in [1.807, 2.05) is 0 Å². The molecule has 1 aliphatic rings. The third-order valence-electron chi connectivity index (χ3n) is 5.75. The van der Waals surface area contributed by atoms with Crippen molar-refractivity contribution in [1.29, 1.82) is 0 Å². The van der Waals surface area contributed by atoms with Gasteiger partial charge in [0.25, 0.3) is 0 Å². The van der Waals surface area contributed by atoms with E-state index >= 15 is 0 Å². The van der Waals surface area contributed by atoms with Gasteiger partial charge in [-0.05, 0) is 39.0 Å². The minimum atomic E-state index is 0.275. The van der Waals surface area contributed by atoms with Gasteiger partial charge in [-0.15, -0.1) is 0 Å². The smallest absolute Gasteiger partial charge is 0.182 e. The van der Waals surface area contributed by atoms with Crippen molar-refractivity contribution in [2.75, 3.05) is 26.2 Å². The lowest BCUT2D eigenvalue weighted by atomic mass is 10.1. The Morgan fingerprint density at radius 1 is 0.960 bits per heavy atom. The van der Waals surface area contributed by atoms with Crippen LogP contribution < -0.4 is 0 Å². The molecule has 0 fully saturated rings. The number of rotatable bonds is 16. The van der Waals surface area contributed by atoms with Crippen LogP contribution in [0.15, 0.2) is 17.1 Å². The topological polar surface area (TPSA) is 32.6 Å². The van der Waals surface area contributed by atoms with E-state index in [0.29, 0.717) is 6.17 Å². The third-order valence-corrected chi connectivity index (χ3v) is 5.75. The predicted molar refractivity (Wildman–Crippen MR) is 110 cm³/mol. The van der Waals surface area contributed by atoms with Gasteiger partial charge in [-0.25, -0.2) is 4.99 Å². The molecule has 1 N–H and O–H groups in total. The largest absolute Gasteiger partial charge is 0.391 e. The molecule has 0 aromatic rings. The Hall–Kier alpha value is -0.670. The Balaban J connectivity index is 1.99. The number of aliphatic hydroxyl groups is 1. The number of hydrogen-bond acceptors (Lipinski definition) is 2. The molecule has 25 heavy (non-hydrogen) atoms. The second kappa shape index (κ2) is 14.5. The summed E-state index contributed by atoms with van der Waals surface area (Å²) in [5.41, 5.74) is 0. The van der Waals surface area contributed by atoms with E-state index in [2.05, 4.69) is 32.2 Å². The van der Waals surface area contributed by atoms with Crippen molar-refractivity contribution < 1.29 is 9.59 Å².